The molecule has 0 aliphatic heterocycles. The Balaban J connectivity index is 2.08. The molecule has 1 aromatic carbocycles. The molecule has 3 aromatic rings. The minimum Gasteiger partial charge on any atom is -0.267 e. The first-order valence-corrected chi connectivity index (χ1v) is 7.75. The third-order valence-corrected chi connectivity index (χ3v) is 4.92. The van der Waals surface area contributed by atoms with Gasteiger partial charge in [-0.3, -0.25) is 4.79 Å². The van der Waals surface area contributed by atoms with Crippen LogP contribution in [0, 0.1) is 13.8 Å². The largest absolute Gasteiger partial charge is 0.279 e. The minimum absolute atomic E-state index is 0.0697. The van der Waals surface area contributed by atoms with Gasteiger partial charge in [-0.15, -0.1) is 16.4 Å². The van der Waals surface area contributed by atoms with Crippen LogP contribution in [0.5, 0.6) is 0 Å². The van der Waals surface area contributed by atoms with E-state index in [1.54, 1.807) is 0 Å². The van der Waals surface area contributed by atoms with Crippen molar-refractivity contribution in [1.29, 1.82) is 0 Å². The maximum atomic E-state index is 12.5. The van der Waals surface area contributed by atoms with Crippen LogP contribution in [-0.2, 0) is 6.54 Å². The van der Waals surface area contributed by atoms with E-state index in [-0.39, 0.29) is 5.56 Å². The molecule has 3 rings (SSSR count). The molecule has 2 aromatic heterocycles. The highest BCUT2D eigenvalue weighted by Crippen LogP contribution is 2.25. The van der Waals surface area contributed by atoms with E-state index in [0.717, 1.165) is 25.3 Å². The Bertz CT molecular complexity index is 836. The van der Waals surface area contributed by atoms with E-state index in [9.17, 15) is 4.79 Å². The van der Waals surface area contributed by atoms with Crippen molar-refractivity contribution in [2.24, 2.45) is 0 Å². The molecule has 0 N–H and O–H groups in total. The van der Waals surface area contributed by atoms with Crippen LogP contribution in [0.25, 0.3) is 10.2 Å². The van der Waals surface area contributed by atoms with Gasteiger partial charge in [0.05, 0.1) is 11.9 Å². The van der Waals surface area contributed by atoms with Gasteiger partial charge >= 0.3 is 0 Å². The highest BCUT2D eigenvalue weighted by molar-refractivity contribution is 9.10. The normalized spacial score (nSPS) is 11.2. The first-order valence-electron chi connectivity index (χ1n) is 6.14. The Morgan fingerprint density at radius 1 is 1.25 bits per heavy atom. The Labute approximate surface area is 128 Å². The fourth-order valence-electron chi connectivity index (χ4n) is 2.06. The Kier molecular flexibility index (Phi) is 3.43. The van der Waals surface area contributed by atoms with Crippen LogP contribution in [0.15, 0.2) is 33.5 Å². The van der Waals surface area contributed by atoms with Gasteiger partial charge in [-0.25, -0.2) is 4.68 Å². The van der Waals surface area contributed by atoms with Crippen molar-refractivity contribution in [2.45, 2.75) is 20.4 Å². The summed E-state index contributed by atoms with van der Waals surface area (Å²) in [6.45, 7) is 4.39. The molecule has 0 bridgehead atoms. The number of aryl methyl sites for hydroxylation is 2. The van der Waals surface area contributed by atoms with Crippen LogP contribution >= 0.6 is 27.3 Å². The average molecular weight is 350 g/mol. The lowest BCUT2D eigenvalue weighted by Gasteiger charge is -2.04. The first-order chi connectivity index (χ1) is 9.56. The Hall–Kier alpha value is -1.53. The molecule has 20 heavy (non-hydrogen) atoms. The molecular formula is C14H12BrN3OS. The van der Waals surface area contributed by atoms with Gasteiger partial charge in [-0.1, -0.05) is 33.3 Å². The number of aromatic nitrogens is 3. The monoisotopic (exact) mass is 349 g/mol. The molecule has 0 atom stereocenters. The summed E-state index contributed by atoms with van der Waals surface area (Å²) >= 11 is 4.91. The van der Waals surface area contributed by atoms with Crippen molar-refractivity contribution in [1.82, 2.24) is 15.0 Å². The lowest BCUT2D eigenvalue weighted by molar-refractivity contribution is 0.601. The predicted molar refractivity (Wildman–Crippen MR) is 84.4 cm³/mol. The van der Waals surface area contributed by atoms with Gasteiger partial charge in [0, 0.05) is 9.35 Å². The number of hydrogen-bond acceptors (Lipinski definition) is 4. The average Bonchev–Trinajstić information content (AvgIpc) is 2.72. The fourth-order valence-corrected chi connectivity index (χ4v) is 3.29. The van der Waals surface area contributed by atoms with Crippen molar-refractivity contribution in [3.63, 3.8) is 0 Å². The van der Waals surface area contributed by atoms with Gasteiger partial charge in [0.15, 0.2) is 4.83 Å². The number of fused-ring (bicyclic) bond motifs is 1. The second-order valence-electron chi connectivity index (χ2n) is 4.64. The summed E-state index contributed by atoms with van der Waals surface area (Å²) in [4.78, 5) is 14.3. The number of halogens is 1. The molecule has 0 radical (unpaired) electrons. The van der Waals surface area contributed by atoms with Crippen molar-refractivity contribution >= 4 is 37.5 Å². The van der Waals surface area contributed by atoms with Crippen LogP contribution in [0.4, 0.5) is 0 Å². The van der Waals surface area contributed by atoms with Gasteiger partial charge in [0.2, 0.25) is 0 Å². The maximum absolute atomic E-state index is 12.5. The van der Waals surface area contributed by atoms with Gasteiger partial charge < -0.3 is 0 Å². The summed E-state index contributed by atoms with van der Waals surface area (Å²) in [5, 5.41) is 8.89. The standard InChI is InChI=1S/C14H12BrN3OS/c1-8-9(2)20-13-12(8)14(19)18(17-16-13)7-10-3-5-11(15)6-4-10/h3-6H,7H2,1-2H3. The van der Waals surface area contributed by atoms with E-state index in [0.29, 0.717) is 11.9 Å². The van der Waals surface area contributed by atoms with Crippen LogP contribution in [0.2, 0.25) is 0 Å². The molecule has 102 valence electrons. The van der Waals surface area contributed by atoms with Crippen LogP contribution in [0.3, 0.4) is 0 Å². The highest BCUT2D eigenvalue weighted by Gasteiger charge is 2.13. The summed E-state index contributed by atoms with van der Waals surface area (Å²) in [6, 6.07) is 7.83. The van der Waals surface area contributed by atoms with E-state index in [2.05, 4.69) is 26.2 Å². The number of thiophene rings is 1. The Morgan fingerprint density at radius 2 is 1.95 bits per heavy atom. The molecule has 0 fully saturated rings. The summed E-state index contributed by atoms with van der Waals surface area (Å²) in [5.41, 5.74) is 1.96. The first kappa shape index (κ1) is 13.5. The van der Waals surface area contributed by atoms with Crippen LogP contribution in [-0.4, -0.2) is 15.0 Å². The van der Waals surface area contributed by atoms with E-state index in [4.69, 9.17) is 0 Å². The molecular weight excluding hydrogens is 338 g/mol. The quantitative estimate of drug-likeness (QED) is 0.713. The molecule has 0 saturated heterocycles. The van der Waals surface area contributed by atoms with E-state index >= 15 is 0 Å². The second-order valence-corrected chi connectivity index (χ2v) is 6.76. The zero-order valence-corrected chi connectivity index (χ0v) is 13.5. The van der Waals surface area contributed by atoms with Crippen molar-refractivity contribution in [3.05, 3.63) is 55.1 Å². The van der Waals surface area contributed by atoms with Crippen LogP contribution in [0.1, 0.15) is 16.0 Å². The third kappa shape index (κ3) is 2.29. The van der Waals surface area contributed by atoms with Gasteiger partial charge in [0.25, 0.3) is 5.56 Å². The molecule has 0 unspecified atom stereocenters. The predicted octanol–water partition coefficient (Wildman–Crippen LogP) is 3.28. The zero-order valence-electron chi connectivity index (χ0n) is 11.1. The molecule has 0 spiro atoms. The van der Waals surface area contributed by atoms with Crippen LogP contribution < -0.4 is 5.56 Å². The van der Waals surface area contributed by atoms with Crippen molar-refractivity contribution < 1.29 is 0 Å². The number of benzene rings is 1. The smallest absolute Gasteiger partial charge is 0.267 e. The minimum atomic E-state index is -0.0697. The van der Waals surface area contributed by atoms with E-state index in [1.807, 2.05) is 38.1 Å². The molecule has 0 amide bonds. The maximum Gasteiger partial charge on any atom is 0.279 e. The number of rotatable bonds is 2. The molecule has 2 heterocycles. The fraction of sp³-hybridized carbons (Fsp3) is 0.214. The SMILES string of the molecule is Cc1sc2nnn(Cc3ccc(Br)cc3)c(=O)c2c1C. The summed E-state index contributed by atoms with van der Waals surface area (Å²) < 4.78 is 2.43. The molecule has 0 saturated carbocycles. The summed E-state index contributed by atoms with van der Waals surface area (Å²) in [5.74, 6) is 0. The van der Waals surface area contributed by atoms with Crippen molar-refractivity contribution in [2.75, 3.05) is 0 Å². The lowest BCUT2D eigenvalue weighted by atomic mass is 10.2. The molecule has 0 aliphatic rings. The van der Waals surface area contributed by atoms with Gasteiger partial charge in [-0.2, -0.15) is 0 Å². The zero-order chi connectivity index (χ0) is 14.3. The van der Waals surface area contributed by atoms with E-state index in [1.165, 1.54) is 16.0 Å². The van der Waals surface area contributed by atoms with Crippen molar-refractivity contribution in [3.8, 4) is 0 Å². The molecule has 0 aliphatic carbocycles. The second kappa shape index (κ2) is 5.10. The van der Waals surface area contributed by atoms with Gasteiger partial charge in [-0.05, 0) is 37.1 Å². The topological polar surface area (TPSA) is 47.8 Å². The lowest BCUT2D eigenvalue weighted by Crippen LogP contribution is -2.24. The molecule has 4 nitrogen and oxygen atoms in total. The third-order valence-electron chi connectivity index (χ3n) is 3.30. The summed E-state index contributed by atoms with van der Waals surface area (Å²) in [6.07, 6.45) is 0. The van der Waals surface area contributed by atoms with Gasteiger partial charge in [0.1, 0.15) is 0 Å². The summed E-state index contributed by atoms with van der Waals surface area (Å²) in [7, 11) is 0. The Morgan fingerprint density at radius 3 is 2.65 bits per heavy atom. The molecule has 6 heteroatoms. The number of hydrogen-bond donors (Lipinski definition) is 0. The number of nitrogens with zero attached hydrogens (tertiary/aromatic N) is 3. The highest BCUT2D eigenvalue weighted by atomic mass is 79.9. The van der Waals surface area contributed by atoms with E-state index < -0.39 is 0 Å².